The monoisotopic (exact) mass is 433 g/mol. The Morgan fingerprint density at radius 2 is 1.87 bits per heavy atom. The van der Waals surface area contributed by atoms with Crippen LogP contribution in [-0.4, -0.2) is 9.55 Å². The van der Waals surface area contributed by atoms with Crippen molar-refractivity contribution in [2.75, 3.05) is 0 Å². The normalized spacial score (nSPS) is 12.0. The third-order valence-electron chi connectivity index (χ3n) is 4.92. The summed E-state index contributed by atoms with van der Waals surface area (Å²) in [4.78, 5) is 9.45. The fourth-order valence-electron chi connectivity index (χ4n) is 3.39. The largest absolute Gasteiger partial charge is 0.454 e. The van der Waals surface area contributed by atoms with E-state index in [4.69, 9.17) is 4.42 Å². The Bertz CT molecular complexity index is 1390. The molecule has 4 nitrogen and oxygen atoms in total. The van der Waals surface area contributed by atoms with Gasteiger partial charge in [0.15, 0.2) is 16.4 Å². The molecule has 2 aromatic carbocycles. The molecule has 0 saturated carbocycles. The van der Waals surface area contributed by atoms with Gasteiger partial charge in [0.1, 0.15) is 17.1 Å². The van der Waals surface area contributed by atoms with Crippen LogP contribution < -0.4 is 4.80 Å². The molecule has 0 aliphatic carbocycles. The van der Waals surface area contributed by atoms with Crippen molar-refractivity contribution in [2.45, 2.75) is 13.0 Å². The summed E-state index contributed by atoms with van der Waals surface area (Å²) >= 11 is 1.38. The van der Waals surface area contributed by atoms with Crippen molar-refractivity contribution >= 4 is 28.0 Å². The second-order valence-electron chi connectivity index (χ2n) is 6.98. The highest BCUT2D eigenvalue weighted by Gasteiger charge is 2.14. The highest BCUT2D eigenvalue weighted by atomic mass is 32.1. The molecule has 0 fully saturated rings. The molecule has 0 atom stereocenters. The van der Waals surface area contributed by atoms with Crippen LogP contribution in [0.2, 0.25) is 0 Å². The van der Waals surface area contributed by atoms with E-state index in [1.54, 1.807) is 6.20 Å². The number of nitrogens with zero attached hydrogens (tertiary/aromatic N) is 3. The van der Waals surface area contributed by atoms with Crippen LogP contribution in [0.4, 0.5) is 14.5 Å². The number of rotatable bonds is 5. The molecule has 0 bridgehead atoms. The van der Waals surface area contributed by atoms with E-state index in [1.165, 1.54) is 23.5 Å². The molecule has 0 aliphatic rings. The maximum Gasteiger partial charge on any atom is 0.190 e. The molecule has 0 unspecified atom stereocenters. The molecular weight excluding hydrogens is 416 g/mol. The van der Waals surface area contributed by atoms with Crippen molar-refractivity contribution in [2.24, 2.45) is 4.99 Å². The molecule has 3 heterocycles. The second kappa shape index (κ2) is 8.28. The molecule has 0 spiro atoms. The van der Waals surface area contributed by atoms with Crippen molar-refractivity contribution in [3.63, 3.8) is 0 Å². The van der Waals surface area contributed by atoms with Crippen LogP contribution in [0.5, 0.6) is 0 Å². The number of benzene rings is 2. The third-order valence-corrected chi connectivity index (χ3v) is 5.78. The maximum atomic E-state index is 14.2. The minimum atomic E-state index is -0.699. The number of para-hydroxylation sites is 1. The van der Waals surface area contributed by atoms with Crippen LogP contribution in [0.3, 0.4) is 0 Å². The van der Waals surface area contributed by atoms with E-state index in [-0.39, 0.29) is 5.69 Å². The molecule has 5 rings (SSSR count). The predicted octanol–water partition coefficient (Wildman–Crippen LogP) is 6.11. The van der Waals surface area contributed by atoms with Crippen molar-refractivity contribution in [1.29, 1.82) is 0 Å². The Balaban J connectivity index is 1.61. The van der Waals surface area contributed by atoms with E-state index in [0.717, 1.165) is 28.4 Å². The molecule has 0 saturated heterocycles. The SMILES string of the molecule is Fc1ccc(N=c2scc(-c3cc4ccccc4o3)n2CCc2ccccn2)c(F)c1. The maximum absolute atomic E-state index is 14.2. The van der Waals surface area contributed by atoms with Gasteiger partial charge in [0.05, 0.1) is 5.69 Å². The highest BCUT2D eigenvalue weighted by molar-refractivity contribution is 7.07. The van der Waals surface area contributed by atoms with Gasteiger partial charge in [-0.15, -0.1) is 11.3 Å². The zero-order chi connectivity index (χ0) is 21.2. The summed E-state index contributed by atoms with van der Waals surface area (Å²) in [5, 5.41) is 2.94. The quantitative estimate of drug-likeness (QED) is 0.336. The van der Waals surface area contributed by atoms with Crippen molar-refractivity contribution < 1.29 is 13.2 Å². The van der Waals surface area contributed by atoms with E-state index in [0.29, 0.717) is 23.5 Å². The molecule has 0 amide bonds. The topological polar surface area (TPSA) is 43.3 Å². The van der Waals surface area contributed by atoms with Gasteiger partial charge in [-0.3, -0.25) is 4.98 Å². The summed E-state index contributed by atoms with van der Waals surface area (Å²) in [6, 6.07) is 18.9. The summed E-state index contributed by atoms with van der Waals surface area (Å²) in [6.45, 7) is 0.578. The number of thiazole rings is 1. The van der Waals surface area contributed by atoms with Gasteiger partial charge in [-0.25, -0.2) is 13.8 Å². The van der Waals surface area contributed by atoms with Crippen molar-refractivity contribution in [3.05, 3.63) is 100 Å². The Morgan fingerprint density at radius 3 is 2.68 bits per heavy atom. The van der Waals surface area contributed by atoms with Crippen LogP contribution in [0.25, 0.3) is 22.4 Å². The Hall–Kier alpha value is -3.58. The van der Waals surface area contributed by atoms with Crippen LogP contribution >= 0.6 is 11.3 Å². The Morgan fingerprint density at radius 1 is 1.00 bits per heavy atom. The zero-order valence-corrected chi connectivity index (χ0v) is 17.2. The molecule has 154 valence electrons. The summed E-state index contributed by atoms with van der Waals surface area (Å²) in [6.07, 6.45) is 2.43. The van der Waals surface area contributed by atoms with Crippen LogP contribution in [0.15, 0.2) is 87.7 Å². The first-order valence-electron chi connectivity index (χ1n) is 9.74. The number of fused-ring (bicyclic) bond motifs is 1. The average molecular weight is 433 g/mol. The fourth-order valence-corrected chi connectivity index (χ4v) is 4.32. The Kier molecular flexibility index (Phi) is 5.18. The van der Waals surface area contributed by atoms with E-state index in [1.807, 2.05) is 58.5 Å². The molecule has 0 N–H and O–H groups in total. The molecule has 3 aromatic heterocycles. The number of halogens is 2. The van der Waals surface area contributed by atoms with Gasteiger partial charge in [-0.1, -0.05) is 24.3 Å². The molecule has 0 radical (unpaired) electrons. The lowest BCUT2D eigenvalue weighted by atomic mass is 10.2. The van der Waals surface area contributed by atoms with Gasteiger partial charge in [-0.2, -0.15) is 0 Å². The number of aryl methyl sites for hydroxylation is 1. The second-order valence-corrected chi connectivity index (χ2v) is 7.82. The third kappa shape index (κ3) is 4.04. The number of pyridine rings is 1. The van der Waals surface area contributed by atoms with Gasteiger partial charge < -0.3 is 8.98 Å². The summed E-state index contributed by atoms with van der Waals surface area (Å²) in [7, 11) is 0. The van der Waals surface area contributed by atoms with Gasteiger partial charge >= 0.3 is 0 Å². The van der Waals surface area contributed by atoms with Gasteiger partial charge in [0, 0.05) is 41.7 Å². The first kappa shape index (κ1) is 19.4. The van der Waals surface area contributed by atoms with Gasteiger partial charge in [0.2, 0.25) is 0 Å². The van der Waals surface area contributed by atoms with Crippen LogP contribution in [-0.2, 0) is 13.0 Å². The number of hydrogen-bond acceptors (Lipinski definition) is 4. The lowest BCUT2D eigenvalue weighted by molar-refractivity contribution is 0.583. The van der Waals surface area contributed by atoms with E-state index >= 15 is 0 Å². The van der Waals surface area contributed by atoms with Crippen LogP contribution in [0.1, 0.15) is 5.69 Å². The Labute approximate surface area is 180 Å². The lowest BCUT2D eigenvalue weighted by Crippen LogP contribution is -2.17. The molecule has 5 aromatic rings. The summed E-state index contributed by atoms with van der Waals surface area (Å²) in [5.74, 6) is -0.622. The average Bonchev–Trinajstić information content (AvgIpc) is 3.38. The molecule has 0 aliphatic heterocycles. The first-order valence-corrected chi connectivity index (χ1v) is 10.6. The van der Waals surface area contributed by atoms with Gasteiger partial charge in [0.25, 0.3) is 0 Å². The van der Waals surface area contributed by atoms with Gasteiger partial charge in [-0.05, 0) is 36.4 Å². The van der Waals surface area contributed by atoms with E-state index < -0.39 is 11.6 Å². The van der Waals surface area contributed by atoms with E-state index in [2.05, 4.69) is 9.98 Å². The number of aromatic nitrogens is 2. The smallest absolute Gasteiger partial charge is 0.190 e. The minimum absolute atomic E-state index is 0.0889. The minimum Gasteiger partial charge on any atom is -0.454 e. The predicted molar refractivity (Wildman–Crippen MR) is 117 cm³/mol. The first-order chi connectivity index (χ1) is 15.2. The fraction of sp³-hybridized carbons (Fsp3) is 0.0833. The van der Waals surface area contributed by atoms with E-state index in [9.17, 15) is 8.78 Å². The lowest BCUT2D eigenvalue weighted by Gasteiger charge is -2.07. The molecule has 31 heavy (non-hydrogen) atoms. The molecular formula is C24H17F2N3OS. The number of furan rings is 1. The van der Waals surface area contributed by atoms with Crippen LogP contribution in [0, 0.1) is 11.6 Å². The standard InChI is InChI=1S/C24H17F2N3OS/c25-17-8-9-20(19(26)14-17)28-24-29(12-10-18-6-3-4-11-27-18)21(15-31-24)23-13-16-5-1-2-7-22(16)30-23/h1-9,11,13-15H,10,12H2. The summed E-state index contributed by atoms with van der Waals surface area (Å²) in [5.41, 5.74) is 2.67. The van der Waals surface area contributed by atoms with Crippen molar-refractivity contribution in [3.8, 4) is 11.5 Å². The number of hydrogen-bond donors (Lipinski definition) is 0. The zero-order valence-electron chi connectivity index (χ0n) is 16.3. The molecule has 7 heteroatoms. The summed E-state index contributed by atoms with van der Waals surface area (Å²) < 4.78 is 35.6. The van der Waals surface area contributed by atoms with Crippen molar-refractivity contribution in [1.82, 2.24) is 9.55 Å². The highest BCUT2D eigenvalue weighted by Crippen LogP contribution is 2.28.